The number of likely N-dealkylation sites (tertiary alicyclic amines) is 1. The van der Waals surface area contributed by atoms with Gasteiger partial charge >= 0.3 is 0 Å². The van der Waals surface area contributed by atoms with E-state index in [1.807, 2.05) is 18.2 Å². The maximum atomic E-state index is 5.46. The molecular formula is C21H36N4O2. The van der Waals surface area contributed by atoms with E-state index in [1.54, 1.807) is 14.2 Å². The molecule has 1 aliphatic rings. The highest BCUT2D eigenvalue weighted by Crippen LogP contribution is 2.25. The zero-order valence-electron chi connectivity index (χ0n) is 17.4. The molecule has 1 unspecified atom stereocenters. The van der Waals surface area contributed by atoms with E-state index < -0.39 is 0 Å². The lowest BCUT2D eigenvalue weighted by Crippen LogP contribution is -2.41. The largest absolute Gasteiger partial charge is 0.497 e. The van der Waals surface area contributed by atoms with Crippen molar-refractivity contribution in [2.45, 2.75) is 52.1 Å². The first-order chi connectivity index (χ1) is 13.2. The van der Waals surface area contributed by atoms with Gasteiger partial charge < -0.3 is 25.0 Å². The Kier molecular flexibility index (Phi) is 9.25. The van der Waals surface area contributed by atoms with E-state index in [2.05, 4.69) is 29.4 Å². The van der Waals surface area contributed by atoms with Gasteiger partial charge in [-0.15, -0.1) is 0 Å². The lowest BCUT2D eigenvalue weighted by molar-refractivity contribution is 0.159. The molecule has 0 spiro atoms. The quantitative estimate of drug-likeness (QED) is 0.394. The number of nitrogens with zero attached hydrogens (tertiary/aromatic N) is 2. The van der Waals surface area contributed by atoms with Crippen LogP contribution in [0.5, 0.6) is 11.5 Å². The van der Waals surface area contributed by atoms with Crippen molar-refractivity contribution in [1.29, 1.82) is 0 Å². The Bertz CT molecular complexity index is 592. The zero-order valence-corrected chi connectivity index (χ0v) is 17.4. The van der Waals surface area contributed by atoms with Gasteiger partial charge in [-0.3, -0.25) is 0 Å². The summed E-state index contributed by atoms with van der Waals surface area (Å²) in [7, 11) is 3.33. The Morgan fingerprint density at radius 2 is 2.07 bits per heavy atom. The predicted molar refractivity (Wildman–Crippen MR) is 112 cm³/mol. The van der Waals surface area contributed by atoms with Crippen molar-refractivity contribution in [3.05, 3.63) is 23.8 Å². The van der Waals surface area contributed by atoms with Crippen molar-refractivity contribution < 1.29 is 9.47 Å². The van der Waals surface area contributed by atoms with Gasteiger partial charge in [-0.25, -0.2) is 4.99 Å². The van der Waals surface area contributed by atoms with Crippen LogP contribution in [0.2, 0.25) is 0 Å². The van der Waals surface area contributed by atoms with E-state index in [0.29, 0.717) is 6.54 Å². The van der Waals surface area contributed by atoms with Crippen LogP contribution in [0.3, 0.4) is 0 Å². The van der Waals surface area contributed by atoms with Gasteiger partial charge in [-0.2, -0.15) is 0 Å². The first-order valence-corrected chi connectivity index (χ1v) is 10.1. The number of nitrogens with one attached hydrogen (secondary N) is 2. The molecule has 6 nitrogen and oxygen atoms in total. The first kappa shape index (κ1) is 21.4. The average molecular weight is 377 g/mol. The Labute approximate surface area is 164 Å². The summed E-state index contributed by atoms with van der Waals surface area (Å²) in [5, 5.41) is 6.77. The van der Waals surface area contributed by atoms with Gasteiger partial charge in [0.25, 0.3) is 0 Å². The Balaban J connectivity index is 1.84. The Morgan fingerprint density at radius 3 is 2.78 bits per heavy atom. The van der Waals surface area contributed by atoms with Gasteiger partial charge in [-0.1, -0.05) is 6.42 Å². The summed E-state index contributed by atoms with van der Waals surface area (Å²) in [5.74, 6) is 2.44. The number of rotatable bonds is 9. The lowest BCUT2D eigenvalue weighted by atomic mass is 10.0. The van der Waals surface area contributed by atoms with E-state index in [4.69, 9.17) is 14.5 Å². The summed E-state index contributed by atoms with van der Waals surface area (Å²) < 4.78 is 10.7. The van der Waals surface area contributed by atoms with Gasteiger partial charge in [0.05, 0.1) is 20.8 Å². The summed E-state index contributed by atoms with van der Waals surface area (Å²) in [5.41, 5.74) is 1.04. The number of benzene rings is 1. The average Bonchev–Trinajstić information content (AvgIpc) is 2.70. The maximum Gasteiger partial charge on any atom is 0.191 e. The Morgan fingerprint density at radius 1 is 1.22 bits per heavy atom. The van der Waals surface area contributed by atoms with Crippen LogP contribution in [0.15, 0.2) is 23.2 Å². The van der Waals surface area contributed by atoms with Gasteiger partial charge in [0.2, 0.25) is 0 Å². The van der Waals surface area contributed by atoms with Crippen LogP contribution in [-0.2, 0) is 6.54 Å². The van der Waals surface area contributed by atoms with Crippen LogP contribution >= 0.6 is 0 Å². The van der Waals surface area contributed by atoms with Crippen molar-refractivity contribution in [3.63, 3.8) is 0 Å². The molecule has 1 saturated heterocycles. The molecule has 6 heteroatoms. The molecule has 0 radical (unpaired) electrons. The van der Waals surface area contributed by atoms with E-state index >= 15 is 0 Å². The van der Waals surface area contributed by atoms with Crippen molar-refractivity contribution in [2.24, 2.45) is 4.99 Å². The molecule has 0 aliphatic carbocycles. The molecular weight excluding hydrogens is 340 g/mol. The SMILES string of the molecule is CCNC(=NCc1ccc(OC)cc1OC)NCCCN1CCCCC1C. The van der Waals surface area contributed by atoms with Crippen molar-refractivity contribution in [2.75, 3.05) is 40.4 Å². The molecule has 0 amide bonds. The van der Waals surface area contributed by atoms with E-state index in [1.165, 1.54) is 25.8 Å². The second kappa shape index (κ2) is 11.7. The Hall–Kier alpha value is -1.95. The second-order valence-electron chi connectivity index (χ2n) is 7.03. The highest BCUT2D eigenvalue weighted by Gasteiger charge is 2.17. The molecule has 2 rings (SSSR count). The van der Waals surface area contributed by atoms with Gasteiger partial charge in [-0.05, 0) is 51.8 Å². The molecule has 0 bridgehead atoms. The van der Waals surface area contributed by atoms with E-state index in [9.17, 15) is 0 Å². The molecule has 1 aromatic carbocycles. The number of aliphatic imine (C=N–C) groups is 1. The fourth-order valence-corrected chi connectivity index (χ4v) is 3.47. The number of hydrogen-bond donors (Lipinski definition) is 2. The lowest BCUT2D eigenvalue weighted by Gasteiger charge is -2.33. The summed E-state index contributed by atoms with van der Waals surface area (Å²) >= 11 is 0. The first-order valence-electron chi connectivity index (χ1n) is 10.1. The normalized spacial score (nSPS) is 18.2. The number of hydrogen-bond acceptors (Lipinski definition) is 4. The summed E-state index contributed by atoms with van der Waals surface area (Å²) in [6.45, 7) is 9.16. The predicted octanol–water partition coefficient (Wildman–Crippen LogP) is 3.02. The minimum Gasteiger partial charge on any atom is -0.497 e. The second-order valence-corrected chi connectivity index (χ2v) is 7.03. The third-order valence-corrected chi connectivity index (χ3v) is 5.10. The van der Waals surface area contributed by atoms with Crippen molar-refractivity contribution in [3.8, 4) is 11.5 Å². The molecule has 1 heterocycles. The van der Waals surface area contributed by atoms with Gasteiger partial charge in [0.1, 0.15) is 11.5 Å². The minimum atomic E-state index is 0.561. The van der Waals surface area contributed by atoms with Gasteiger partial charge in [0.15, 0.2) is 5.96 Å². The number of guanidine groups is 1. The highest BCUT2D eigenvalue weighted by atomic mass is 16.5. The molecule has 1 fully saturated rings. The minimum absolute atomic E-state index is 0.561. The van der Waals surface area contributed by atoms with Crippen LogP contribution in [-0.4, -0.2) is 57.3 Å². The highest BCUT2D eigenvalue weighted by molar-refractivity contribution is 5.79. The molecule has 1 aliphatic heterocycles. The van der Waals surface area contributed by atoms with Gasteiger partial charge in [0, 0.05) is 37.3 Å². The fraction of sp³-hybridized carbons (Fsp3) is 0.667. The van der Waals surface area contributed by atoms with E-state index in [0.717, 1.165) is 55.1 Å². The monoisotopic (exact) mass is 376 g/mol. The molecule has 27 heavy (non-hydrogen) atoms. The number of methoxy groups -OCH3 is 2. The third kappa shape index (κ3) is 6.94. The topological polar surface area (TPSA) is 58.1 Å². The molecule has 1 atom stereocenters. The number of ether oxygens (including phenoxy) is 2. The standard InChI is InChI=1S/C21H36N4O2/c1-5-22-21(23-12-8-14-25-13-7-6-9-17(25)2)24-16-18-10-11-19(26-3)15-20(18)27-4/h10-11,15,17H,5-9,12-14,16H2,1-4H3,(H2,22,23,24). The summed E-state index contributed by atoms with van der Waals surface area (Å²) in [4.78, 5) is 7.32. The maximum absolute atomic E-state index is 5.46. The van der Waals surface area contributed by atoms with Crippen molar-refractivity contribution >= 4 is 5.96 Å². The summed E-state index contributed by atoms with van der Waals surface area (Å²) in [6, 6.07) is 6.56. The molecule has 0 aromatic heterocycles. The molecule has 0 saturated carbocycles. The van der Waals surface area contributed by atoms with E-state index in [-0.39, 0.29) is 0 Å². The van der Waals surface area contributed by atoms with Crippen LogP contribution in [0.25, 0.3) is 0 Å². The van der Waals surface area contributed by atoms with Crippen molar-refractivity contribution in [1.82, 2.24) is 15.5 Å². The summed E-state index contributed by atoms with van der Waals surface area (Å²) in [6.07, 6.45) is 5.18. The van der Waals surface area contributed by atoms with Crippen LogP contribution in [0.1, 0.15) is 45.1 Å². The molecule has 152 valence electrons. The molecule has 2 N–H and O–H groups in total. The third-order valence-electron chi connectivity index (χ3n) is 5.10. The van der Waals surface area contributed by atoms with Crippen LogP contribution in [0, 0.1) is 0 Å². The fourth-order valence-electron chi connectivity index (χ4n) is 3.47. The smallest absolute Gasteiger partial charge is 0.191 e. The zero-order chi connectivity index (χ0) is 19.5. The number of piperidine rings is 1. The van der Waals surface area contributed by atoms with Crippen LogP contribution in [0.4, 0.5) is 0 Å². The molecule has 1 aromatic rings. The van der Waals surface area contributed by atoms with Crippen LogP contribution < -0.4 is 20.1 Å².